The van der Waals surface area contributed by atoms with Gasteiger partial charge in [-0.05, 0) is 37.1 Å². The fourth-order valence-electron chi connectivity index (χ4n) is 2.96. The summed E-state index contributed by atoms with van der Waals surface area (Å²) in [4.78, 5) is 37.1. The standard InChI is InChI=1S/C18H24N2O6S/c1-3-9-20(16-8-10-27(24,25)12-16)17(22)11-26-18(23)14-4-6-15(7-5-14)19-13(2)21/h4-7,16H,3,8-12H2,1-2H3,(H,19,21)/t16-/m0/s1. The number of esters is 1. The first kappa shape index (κ1) is 20.9. The molecule has 148 valence electrons. The van der Waals surface area contributed by atoms with E-state index in [1.807, 2.05) is 6.92 Å². The lowest BCUT2D eigenvalue weighted by Gasteiger charge is -2.27. The molecule has 2 rings (SSSR count). The molecule has 2 amide bonds. The summed E-state index contributed by atoms with van der Waals surface area (Å²) in [5.74, 6) is -1.25. The van der Waals surface area contributed by atoms with Crippen LogP contribution >= 0.6 is 0 Å². The van der Waals surface area contributed by atoms with Crippen molar-refractivity contribution in [2.75, 3.05) is 30.0 Å². The van der Waals surface area contributed by atoms with Gasteiger partial charge in [0.2, 0.25) is 5.91 Å². The SMILES string of the molecule is CCCN(C(=O)COC(=O)c1ccc(NC(C)=O)cc1)[C@H]1CCS(=O)(=O)C1. The monoisotopic (exact) mass is 396 g/mol. The Kier molecular flexibility index (Phi) is 6.95. The highest BCUT2D eigenvalue weighted by atomic mass is 32.2. The third kappa shape index (κ3) is 6.06. The molecule has 0 spiro atoms. The number of hydrogen-bond donors (Lipinski definition) is 1. The zero-order valence-corrected chi connectivity index (χ0v) is 16.3. The normalized spacial score (nSPS) is 17.9. The van der Waals surface area contributed by atoms with E-state index in [4.69, 9.17) is 4.74 Å². The van der Waals surface area contributed by atoms with E-state index in [0.717, 1.165) is 0 Å². The van der Waals surface area contributed by atoms with E-state index in [1.165, 1.54) is 24.0 Å². The van der Waals surface area contributed by atoms with Gasteiger partial charge in [0.15, 0.2) is 16.4 Å². The van der Waals surface area contributed by atoms with Crippen LogP contribution < -0.4 is 5.32 Å². The largest absolute Gasteiger partial charge is 0.452 e. The molecule has 1 saturated heterocycles. The minimum atomic E-state index is -3.11. The lowest BCUT2D eigenvalue weighted by atomic mass is 10.2. The molecule has 1 aromatic rings. The molecule has 0 saturated carbocycles. The number of nitrogens with zero attached hydrogens (tertiary/aromatic N) is 1. The van der Waals surface area contributed by atoms with Crippen LogP contribution in [0.25, 0.3) is 0 Å². The number of hydrogen-bond acceptors (Lipinski definition) is 6. The Morgan fingerprint density at radius 3 is 2.41 bits per heavy atom. The second kappa shape index (κ2) is 8.98. The Balaban J connectivity index is 1.94. The molecule has 1 atom stereocenters. The van der Waals surface area contributed by atoms with Crippen LogP contribution in [-0.2, 0) is 24.2 Å². The number of benzene rings is 1. The van der Waals surface area contributed by atoms with Crippen LogP contribution in [0.5, 0.6) is 0 Å². The van der Waals surface area contributed by atoms with Crippen molar-refractivity contribution in [3.05, 3.63) is 29.8 Å². The lowest BCUT2D eigenvalue weighted by molar-refractivity contribution is -0.136. The van der Waals surface area contributed by atoms with Crippen molar-refractivity contribution in [2.45, 2.75) is 32.7 Å². The molecule has 0 aliphatic carbocycles. The van der Waals surface area contributed by atoms with Gasteiger partial charge in [-0.3, -0.25) is 9.59 Å². The highest BCUT2D eigenvalue weighted by Crippen LogP contribution is 2.18. The summed E-state index contributed by atoms with van der Waals surface area (Å²) in [6.45, 7) is 3.25. The first-order valence-corrected chi connectivity index (χ1v) is 10.6. The molecule has 1 aromatic carbocycles. The van der Waals surface area contributed by atoms with E-state index in [-0.39, 0.29) is 29.0 Å². The van der Waals surface area contributed by atoms with Gasteiger partial charge in [-0.15, -0.1) is 0 Å². The molecule has 1 aliphatic heterocycles. The summed E-state index contributed by atoms with van der Waals surface area (Å²) in [6.07, 6.45) is 1.09. The number of ether oxygens (including phenoxy) is 1. The van der Waals surface area contributed by atoms with Gasteiger partial charge in [-0.25, -0.2) is 13.2 Å². The average molecular weight is 396 g/mol. The van der Waals surface area contributed by atoms with Gasteiger partial charge in [0.05, 0.1) is 17.1 Å². The molecule has 1 heterocycles. The van der Waals surface area contributed by atoms with Crippen molar-refractivity contribution in [3.8, 4) is 0 Å². The van der Waals surface area contributed by atoms with Crippen molar-refractivity contribution in [1.82, 2.24) is 4.90 Å². The number of nitrogens with one attached hydrogen (secondary N) is 1. The predicted molar refractivity (Wildman–Crippen MR) is 100 cm³/mol. The number of carbonyl (C=O) groups excluding carboxylic acids is 3. The van der Waals surface area contributed by atoms with Gasteiger partial charge in [0.1, 0.15) is 0 Å². The predicted octanol–water partition coefficient (Wildman–Crippen LogP) is 1.23. The Morgan fingerprint density at radius 2 is 1.89 bits per heavy atom. The molecule has 0 aromatic heterocycles. The molecule has 27 heavy (non-hydrogen) atoms. The highest BCUT2D eigenvalue weighted by Gasteiger charge is 2.34. The zero-order valence-electron chi connectivity index (χ0n) is 15.4. The molecule has 1 N–H and O–H groups in total. The summed E-state index contributed by atoms with van der Waals surface area (Å²) >= 11 is 0. The molecular weight excluding hydrogens is 372 g/mol. The minimum absolute atomic E-state index is 0.0443. The van der Waals surface area contributed by atoms with Crippen molar-refractivity contribution in [3.63, 3.8) is 0 Å². The Bertz CT molecular complexity index is 804. The van der Waals surface area contributed by atoms with E-state index in [1.54, 1.807) is 12.1 Å². The minimum Gasteiger partial charge on any atom is -0.452 e. The van der Waals surface area contributed by atoms with Crippen molar-refractivity contribution in [1.29, 1.82) is 0 Å². The second-order valence-corrected chi connectivity index (χ2v) is 8.71. The maximum atomic E-state index is 12.4. The maximum Gasteiger partial charge on any atom is 0.338 e. The number of anilines is 1. The third-order valence-corrected chi connectivity index (χ3v) is 5.95. The van der Waals surface area contributed by atoms with E-state index in [9.17, 15) is 22.8 Å². The number of rotatable bonds is 7. The maximum absolute atomic E-state index is 12.4. The molecule has 9 heteroatoms. The van der Waals surface area contributed by atoms with E-state index in [0.29, 0.717) is 25.1 Å². The second-order valence-electron chi connectivity index (χ2n) is 6.48. The van der Waals surface area contributed by atoms with Gasteiger partial charge < -0.3 is 15.0 Å². The van der Waals surface area contributed by atoms with E-state index in [2.05, 4.69) is 5.32 Å². The summed E-state index contributed by atoms with van der Waals surface area (Å²) in [5.41, 5.74) is 0.800. The third-order valence-electron chi connectivity index (χ3n) is 4.20. The van der Waals surface area contributed by atoms with E-state index >= 15 is 0 Å². The van der Waals surface area contributed by atoms with Crippen LogP contribution in [0.3, 0.4) is 0 Å². The Hall–Kier alpha value is -2.42. The van der Waals surface area contributed by atoms with Crippen molar-refractivity contribution >= 4 is 33.3 Å². The fourth-order valence-corrected chi connectivity index (χ4v) is 4.69. The number of sulfone groups is 1. The molecular formula is C18H24N2O6S. The van der Waals surface area contributed by atoms with Crippen LogP contribution in [0.2, 0.25) is 0 Å². The topological polar surface area (TPSA) is 110 Å². The van der Waals surface area contributed by atoms with Gasteiger partial charge in [-0.1, -0.05) is 6.92 Å². The highest BCUT2D eigenvalue weighted by molar-refractivity contribution is 7.91. The first-order chi connectivity index (χ1) is 12.7. The van der Waals surface area contributed by atoms with Gasteiger partial charge in [-0.2, -0.15) is 0 Å². The zero-order chi connectivity index (χ0) is 20.0. The van der Waals surface area contributed by atoms with Crippen LogP contribution in [-0.4, -0.2) is 61.8 Å². The molecule has 0 radical (unpaired) electrons. The smallest absolute Gasteiger partial charge is 0.338 e. The fraction of sp³-hybridized carbons (Fsp3) is 0.500. The Morgan fingerprint density at radius 1 is 1.22 bits per heavy atom. The lowest BCUT2D eigenvalue weighted by Crippen LogP contribution is -2.43. The van der Waals surface area contributed by atoms with Gasteiger partial charge in [0, 0.05) is 25.2 Å². The molecule has 1 aliphatic rings. The van der Waals surface area contributed by atoms with E-state index < -0.39 is 28.3 Å². The summed E-state index contributed by atoms with van der Waals surface area (Å²) in [5, 5.41) is 2.59. The van der Waals surface area contributed by atoms with Crippen LogP contribution in [0.15, 0.2) is 24.3 Å². The summed E-state index contributed by atoms with van der Waals surface area (Å²) < 4.78 is 28.4. The first-order valence-electron chi connectivity index (χ1n) is 8.76. The Labute approximate surface area is 158 Å². The number of carbonyl (C=O) groups is 3. The molecule has 1 fully saturated rings. The molecule has 8 nitrogen and oxygen atoms in total. The van der Waals surface area contributed by atoms with Gasteiger partial charge >= 0.3 is 5.97 Å². The average Bonchev–Trinajstić information content (AvgIpc) is 2.97. The quantitative estimate of drug-likeness (QED) is 0.694. The van der Waals surface area contributed by atoms with Crippen LogP contribution in [0, 0.1) is 0 Å². The van der Waals surface area contributed by atoms with Crippen molar-refractivity contribution < 1.29 is 27.5 Å². The van der Waals surface area contributed by atoms with Crippen LogP contribution in [0.4, 0.5) is 5.69 Å². The molecule has 0 bridgehead atoms. The van der Waals surface area contributed by atoms with Crippen molar-refractivity contribution in [2.24, 2.45) is 0 Å². The van der Waals surface area contributed by atoms with Crippen LogP contribution in [0.1, 0.15) is 37.0 Å². The number of amides is 2. The summed E-state index contributed by atoms with van der Waals surface area (Å²) in [6, 6.07) is 5.74. The summed E-state index contributed by atoms with van der Waals surface area (Å²) in [7, 11) is -3.11. The molecule has 0 unspecified atom stereocenters. The van der Waals surface area contributed by atoms with Gasteiger partial charge in [0.25, 0.3) is 5.91 Å².